The van der Waals surface area contributed by atoms with Crippen LogP contribution in [0.15, 0.2) is 48.5 Å². The highest BCUT2D eigenvalue weighted by Crippen LogP contribution is 2.44. The fourth-order valence-corrected chi connectivity index (χ4v) is 5.36. The lowest BCUT2D eigenvalue weighted by Gasteiger charge is -2.38. The minimum atomic E-state index is -0.854. The highest BCUT2D eigenvalue weighted by atomic mass is 16.5. The smallest absolute Gasteiger partial charge is 0.407 e. The molecule has 0 saturated carbocycles. The van der Waals surface area contributed by atoms with Gasteiger partial charge in [0.2, 0.25) is 5.91 Å². The Kier molecular flexibility index (Phi) is 7.15. The lowest BCUT2D eigenvalue weighted by Crippen LogP contribution is -2.50. The number of carboxylic acids is 1. The van der Waals surface area contributed by atoms with Crippen LogP contribution in [0.1, 0.15) is 63.5 Å². The third-order valence-electron chi connectivity index (χ3n) is 7.37. The summed E-state index contributed by atoms with van der Waals surface area (Å²) in [5, 5.41) is 12.3. The van der Waals surface area contributed by atoms with Gasteiger partial charge in [0.15, 0.2) is 0 Å². The van der Waals surface area contributed by atoms with Crippen molar-refractivity contribution in [2.75, 3.05) is 13.2 Å². The van der Waals surface area contributed by atoms with Crippen LogP contribution >= 0.6 is 0 Å². The van der Waals surface area contributed by atoms with E-state index in [0.29, 0.717) is 25.8 Å². The zero-order valence-corrected chi connectivity index (χ0v) is 20.6. The molecule has 1 aliphatic heterocycles. The average Bonchev–Trinajstić information content (AvgIpc) is 3.15. The van der Waals surface area contributed by atoms with E-state index >= 15 is 0 Å². The first-order valence-electron chi connectivity index (χ1n) is 12.3. The van der Waals surface area contributed by atoms with Crippen LogP contribution in [-0.4, -0.2) is 52.7 Å². The van der Waals surface area contributed by atoms with Crippen molar-refractivity contribution >= 4 is 18.0 Å². The van der Waals surface area contributed by atoms with Crippen LogP contribution in [0.25, 0.3) is 11.1 Å². The molecule has 2 aromatic carbocycles. The van der Waals surface area contributed by atoms with Gasteiger partial charge in [0, 0.05) is 30.5 Å². The average molecular weight is 479 g/mol. The third-order valence-corrected chi connectivity index (χ3v) is 7.37. The van der Waals surface area contributed by atoms with Gasteiger partial charge < -0.3 is 20.1 Å². The molecule has 2 atom stereocenters. The maximum absolute atomic E-state index is 12.8. The minimum absolute atomic E-state index is 0.0133. The first-order valence-corrected chi connectivity index (χ1v) is 12.3. The molecule has 35 heavy (non-hydrogen) atoms. The van der Waals surface area contributed by atoms with E-state index in [1.165, 1.54) is 11.1 Å². The molecule has 2 aromatic rings. The molecule has 1 heterocycles. The summed E-state index contributed by atoms with van der Waals surface area (Å²) in [7, 11) is 0. The number of benzene rings is 2. The second-order valence-corrected chi connectivity index (χ2v) is 10.2. The Morgan fingerprint density at radius 2 is 1.66 bits per heavy atom. The fraction of sp³-hybridized carbons (Fsp3) is 0.464. The Morgan fingerprint density at radius 1 is 1.06 bits per heavy atom. The Balaban J connectivity index is 1.31. The number of carboxylic acid groups (broad SMARTS) is 1. The zero-order valence-electron chi connectivity index (χ0n) is 20.6. The van der Waals surface area contributed by atoms with E-state index in [1.54, 1.807) is 11.8 Å². The van der Waals surface area contributed by atoms with E-state index < -0.39 is 23.5 Å². The normalized spacial score (nSPS) is 19.6. The summed E-state index contributed by atoms with van der Waals surface area (Å²) in [4.78, 5) is 38.6. The summed E-state index contributed by atoms with van der Waals surface area (Å²) in [6.07, 6.45) is 1.43. The molecule has 7 heteroatoms. The first-order chi connectivity index (χ1) is 16.7. The van der Waals surface area contributed by atoms with Crippen LogP contribution in [-0.2, 0) is 14.3 Å². The Bertz CT molecular complexity index is 1070. The van der Waals surface area contributed by atoms with Gasteiger partial charge in [0.25, 0.3) is 0 Å². The third kappa shape index (κ3) is 5.34. The quantitative estimate of drug-likeness (QED) is 0.596. The molecular formula is C28H34N2O5. The predicted octanol–water partition coefficient (Wildman–Crippen LogP) is 4.80. The predicted molar refractivity (Wildman–Crippen MR) is 133 cm³/mol. The maximum Gasteiger partial charge on any atom is 0.407 e. The fourth-order valence-electron chi connectivity index (χ4n) is 5.36. The lowest BCUT2D eigenvalue weighted by atomic mass is 9.89. The summed E-state index contributed by atoms with van der Waals surface area (Å²) in [5.41, 5.74) is 4.01. The van der Waals surface area contributed by atoms with E-state index in [1.807, 2.05) is 38.1 Å². The van der Waals surface area contributed by atoms with Gasteiger partial charge in [0.05, 0.1) is 5.92 Å². The number of hydrogen-bond acceptors (Lipinski definition) is 4. The number of likely N-dealkylation sites (tertiary alicyclic amines) is 1. The number of nitrogens with one attached hydrogen (secondary N) is 1. The van der Waals surface area contributed by atoms with E-state index in [0.717, 1.165) is 11.1 Å². The molecule has 0 radical (unpaired) electrons. The van der Waals surface area contributed by atoms with E-state index in [2.05, 4.69) is 29.6 Å². The summed E-state index contributed by atoms with van der Waals surface area (Å²) < 4.78 is 5.65. The molecule has 1 aliphatic carbocycles. The summed E-state index contributed by atoms with van der Waals surface area (Å²) >= 11 is 0. The zero-order chi connectivity index (χ0) is 25.2. The standard InChI is InChI=1S/C28H34N2O5/c1-18-19(26(32)33)13-8-16-30(18)25(31)14-15-28(2,3)29-27(34)35-17-24-22-11-6-4-9-20(22)21-10-5-7-12-23(21)24/h4-7,9-12,18-19,24H,8,13-17H2,1-3H3,(H,29,34)(H,32,33)/t18-,19-/m0/s1. The van der Waals surface area contributed by atoms with Crippen molar-refractivity contribution in [2.24, 2.45) is 5.92 Å². The number of fused-ring (bicyclic) bond motifs is 3. The van der Waals surface area contributed by atoms with Crippen molar-refractivity contribution in [3.8, 4) is 11.1 Å². The molecule has 0 spiro atoms. The number of carbonyl (C=O) groups is 3. The topological polar surface area (TPSA) is 95.9 Å². The minimum Gasteiger partial charge on any atom is -0.481 e. The molecule has 4 rings (SSSR count). The van der Waals surface area contributed by atoms with Crippen molar-refractivity contribution in [3.63, 3.8) is 0 Å². The second-order valence-electron chi connectivity index (χ2n) is 10.2. The summed E-state index contributed by atoms with van der Waals surface area (Å²) in [6.45, 7) is 6.33. The van der Waals surface area contributed by atoms with Gasteiger partial charge in [-0.25, -0.2) is 4.79 Å². The van der Waals surface area contributed by atoms with E-state index in [9.17, 15) is 19.5 Å². The molecule has 2 amide bonds. The Hall–Kier alpha value is -3.35. The SMILES string of the molecule is C[C@H]1[C@@H](C(=O)O)CCCN1C(=O)CCC(C)(C)NC(=O)OCC1c2ccccc2-c2ccccc21. The second kappa shape index (κ2) is 10.1. The van der Waals surface area contributed by atoms with E-state index in [-0.39, 0.29) is 30.9 Å². The number of amides is 2. The number of nitrogens with zero attached hydrogens (tertiary/aromatic N) is 1. The molecule has 2 N–H and O–H groups in total. The van der Waals surface area contributed by atoms with Gasteiger partial charge in [-0.15, -0.1) is 0 Å². The largest absolute Gasteiger partial charge is 0.481 e. The van der Waals surface area contributed by atoms with Crippen molar-refractivity contribution < 1.29 is 24.2 Å². The van der Waals surface area contributed by atoms with E-state index in [4.69, 9.17) is 4.74 Å². The number of carbonyl (C=O) groups excluding carboxylic acids is 2. The monoisotopic (exact) mass is 478 g/mol. The number of hydrogen-bond donors (Lipinski definition) is 2. The molecule has 2 aliphatic rings. The van der Waals surface area contributed by atoms with Crippen molar-refractivity contribution in [1.82, 2.24) is 10.2 Å². The van der Waals surface area contributed by atoms with Gasteiger partial charge in [0.1, 0.15) is 6.61 Å². The maximum atomic E-state index is 12.8. The highest BCUT2D eigenvalue weighted by Gasteiger charge is 2.36. The van der Waals surface area contributed by atoms with Crippen LogP contribution in [0.3, 0.4) is 0 Å². The van der Waals surface area contributed by atoms with Crippen LogP contribution in [0, 0.1) is 5.92 Å². The van der Waals surface area contributed by atoms with Crippen molar-refractivity contribution in [3.05, 3.63) is 59.7 Å². The van der Waals surface area contributed by atoms with Gasteiger partial charge in [-0.3, -0.25) is 9.59 Å². The number of ether oxygens (including phenoxy) is 1. The van der Waals surface area contributed by atoms with Gasteiger partial charge >= 0.3 is 12.1 Å². The van der Waals surface area contributed by atoms with Gasteiger partial charge in [-0.1, -0.05) is 48.5 Å². The summed E-state index contributed by atoms with van der Waals surface area (Å²) in [5.74, 6) is -1.47. The lowest BCUT2D eigenvalue weighted by molar-refractivity contribution is -0.149. The van der Waals surface area contributed by atoms with Crippen LogP contribution in [0.5, 0.6) is 0 Å². The van der Waals surface area contributed by atoms with Crippen LogP contribution in [0.2, 0.25) is 0 Å². The molecule has 0 bridgehead atoms. The highest BCUT2D eigenvalue weighted by molar-refractivity contribution is 5.80. The number of piperidine rings is 1. The number of aliphatic carboxylic acids is 1. The van der Waals surface area contributed by atoms with Gasteiger partial charge in [-0.2, -0.15) is 0 Å². The van der Waals surface area contributed by atoms with Crippen LogP contribution in [0.4, 0.5) is 4.79 Å². The molecule has 0 unspecified atom stereocenters. The molecule has 7 nitrogen and oxygen atoms in total. The van der Waals surface area contributed by atoms with Crippen LogP contribution < -0.4 is 5.32 Å². The molecule has 186 valence electrons. The first kappa shape index (κ1) is 24.8. The van der Waals surface area contributed by atoms with Crippen molar-refractivity contribution in [1.29, 1.82) is 0 Å². The van der Waals surface area contributed by atoms with Crippen molar-refractivity contribution in [2.45, 2.75) is 64.0 Å². The molecular weight excluding hydrogens is 444 g/mol. The molecule has 1 saturated heterocycles. The Labute approximate surface area is 206 Å². The summed E-state index contributed by atoms with van der Waals surface area (Å²) in [6, 6.07) is 16.0. The molecule has 0 aromatic heterocycles. The molecule has 1 fully saturated rings. The van der Waals surface area contributed by atoms with Gasteiger partial charge in [-0.05, 0) is 62.3 Å². The Morgan fingerprint density at radius 3 is 2.26 bits per heavy atom. The number of rotatable bonds is 7. The number of alkyl carbamates (subject to hydrolysis) is 1.